The minimum absolute atomic E-state index is 0.0711. The van der Waals surface area contributed by atoms with E-state index in [2.05, 4.69) is 31.0 Å². The molecule has 7 heteroatoms. The van der Waals surface area contributed by atoms with Gasteiger partial charge in [-0.25, -0.2) is 4.79 Å². The van der Waals surface area contributed by atoms with Crippen LogP contribution in [0, 0.1) is 17.3 Å². The summed E-state index contributed by atoms with van der Waals surface area (Å²) >= 11 is 0. The van der Waals surface area contributed by atoms with Gasteiger partial charge in [-0.1, -0.05) is 61.0 Å². The lowest BCUT2D eigenvalue weighted by atomic mass is 9.84. The van der Waals surface area contributed by atoms with Gasteiger partial charge in [0.25, 0.3) is 0 Å². The van der Waals surface area contributed by atoms with Gasteiger partial charge >= 0.3 is 5.97 Å². The van der Waals surface area contributed by atoms with Gasteiger partial charge in [0.2, 0.25) is 11.8 Å². The van der Waals surface area contributed by atoms with Gasteiger partial charge in [-0.15, -0.1) is 0 Å². The van der Waals surface area contributed by atoms with E-state index in [4.69, 9.17) is 4.74 Å². The molecule has 2 amide bonds. The van der Waals surface area contributed by atoms with E-state index in [-0.39, 0.29) is 35.8 Å². The van der Waals surface area contributed by atoms with Crippen molar-refractivity contribution in [3.05, 3.63) is 11.6 Å². The molecule has 0 bridgehead atoms. The third kappa shape index (κ3) is 8.62. The number of hydrogen-bond donors (Lipinski definition) is 1. The van der Waals surface area contributed by atoms with E-state index in [1.54, 1.807) is 31.9 Å². The maximum absolute atomic E-state index is 13.8. The number of nitrogens with zero attached hydrogens (tertiary/aromatic N) is 2. The molecule has 1 aliphatic heterocycles. The van der Waals surface area contributed by atoms with E-state index >= 15 is 0 Å². The molecule has 35 heavy (non-hydrogen) atoms. The lowest BCUT2D eigenvalue weighted by molar-refractivity contribution is -0.142. The summed E-state index contributed by atoms with van der Waals surface area (Å²) in [5.74, 6) is -0.0903. The fourth-order valence-electron chi connectivity index (χ4n) is 4.66. The van der Waals surface area contributed by atoms with Crippen molar-refractivity contribution >= 4 is 17.8 Å². The third-order valence-electron chi connectivity index (χ3n) is 7.23. The SMILES string of the molecule is CCOC(=O)C(C)=C[C@H](C(C)C)N(C)C(=O)C(NC(=O)C1CCCCN1C(C)C(C)C)C(C)(C)C. The average Bonchev–Trinajstić information content (AvgIpc) is 2.78. The Morgan fingerprint density at radius 1 is 1.09 bits per heavy atom. The van der Waals surface area contributed by atoms with Crippen molar-refractivity contribution in [3.8, 4) is 0 Å². The number of hydrogen-bond acceptors (Lipinski definition) is 5. The van der Waals surface area contributed by atoms with Crippen LogP contribution in [0.3, 0.4) is 0 Å². The number of esters is 1. The Morgan fingerprint density at radius 2 is 1.69 bits per heavy atom. The highest BCUT2D eigenvalue weighted by atomic mass is 16.5. The van der Waals surface area contributed by atoms with Crippen LogP contribution in [0.25, 0.3) is 0 Å². The highest BCUT2D eigenvalue weighted by Gasteiger charge is 2.40. The number of nitrogens with one attached hydrogen (secondary N) is 1. The van der Waals surface area contributed by atoms with Crippen LogP contribution < -0.4 is 5.32 Å². The van der Waals surface area contributed by atoms with Crippen LogP contribution in [0.2, 0.25) is 0 Å². The molecular formula is C28H51N3O4. The molecule has 7 nitrogen and oxygen atoms in total. The molecule has 1 saturated heterocycles. The molecule has 1 N–H and O–H groups in total. The summed E-state index contributed by atoms with van der Waals surface area (Å²) in [7, 11) is 1.75. The number of ether oxygens (including phenoxy) is 1. The zero-order chi connectivity index (χ0) is 27.1. The Bertz CT molecular complexity index is 754. The van der Waals surface area contributed by atoms with Gasteiger partial charge in [0.05, 0.1) is 18.7 Å². The molecule has 1 aliphatic rings. The molecule has 0 aromatic carbocycles. The average molecular weight is 494 g/mol. The monoisotopic (exact) mass is 493 g/mol. The number of likely N-dealkylation sites (tertiary alicyclic amines) is 1. The van der Waals surface area contributed by atoms with Gasteiger partial charge in [-0.05, 0) is 57.4 Å². The van der Waals surface area contributed by atoms with E-state index < -0.39 is 11.5 Å². The van der Waals surface area contributed by atoms with E-state index in [9.17, 15) is 14.4 Å². The summed E-state index contributed by atoms with van der Waals surface area (Å²) in [5, 5.41) is 3.14. The fraction of sp³-hybridized carbons (Fsp3) is 0.821. The largest absolute Gasteiger partial charge is 0.463 e. The lowest BCUT2D eigenvalue weighted by Gasteiger charge is -2.42. The molecule has 3 unspecified atom stereocenters. The van der Waals surface area contributed by atoms with Crippen molar-refractivity contribution in [1.82, 2.24) is 15.1 Å². The Balaban J connectivity index is 3.19. The second-order valence-corrected chi connectivity index (χ2v) is 11.8. The second kappa shape index (κ2) is 13.4. The summed E-state index contributed by atoms with van der Waals surface area (Å²) in [6.07, 6.45) is 4.71. The summed E-state index contributed by atoms with van der Waals surface area (Å²) in [6.45, 7) is 21.2. The van der Waals surface area contributed by atoms with Gasteiger partial charge in [0.15, 0.2) is 0 Å². The normalized spacial score (nSPS) is 20.4. The summed E-state index contributed by atoms with van der Waals surface area (Å²) in [5.41, 5.74) is -0.00643. The van der Waals surface area contributed by atoms with Gasteiger partial charge in [0, 0.05) is 18.7 Å². The first kappa shape index (κ1) is 31.1. The molecule has 4 atom stereocenters. The number of carbonyl (C=O) groups excluding carboxylic acids is 3. The molecule has 1 heterocycles. The van der Waals surface area contributed by atoms with Crippen LogP contribution in [0.15, 0.2) is 11.6 Å². The van der Waals surface area contributed by atoms with Crippen molar-refractivity contribution in [2.24, 2.45) is 17.3 Å². The van der Waals surface area contributed by atoms with Crippen molar-refractivity contribution in [2.75, 3.05) is 20.2 Å². The van der Waals surface area contributed by atoms with Crippen LogP contribution in [0.5, 0.6) is 0 Å². The predicted molar refractivity (Wildman–Crippen MR) is 142 cm³/mol. The summed E-state index contributed by atoms with van der Waals surface area (Å²) in [4.78, 5) is 43.5. The predicted octanol–water partition coefficient (Wildman–Crippen LogP) is 4.41. The number of piperidine rings is 1. The van der Waals surface area contributed by atoms with Crippen molar-refractivity contribution in [2.45, 2.75) is 113 Å². The smallest absolute Gasteiger partial charge is 0.333 e. The number of rotatable bonds is 10. The van der Waals surface area contributed by atoms with Crippen LogP contribution in [-0.4, -0.2) is 72.0 Å². The quantitative estimate of drug-likeness (QED) is 0.360. The molecule has 202 valence electrons. The van der Waals surface area contributed by atoms with Gasteiger partial charge in [0.1, 0.15) is 6.04 Å². The maximum Gasteiger partial charge on any atom is 0.333 e. The highest BCUT2D eigenvalue weighted by Crippen LogP contribution is 2.27. The molecule has 0 spiro atoms. The Morgan fingerprint density at radius 3 is 2.17 bits per heavy atom. The Labute approximate surface area is 214 Å². The van der Waals surface area contributed by atoms with Crippen LogP contribution in [0.4, 0.5) is 0 Å². The van der Waals surface area contributed by atoms with Crippen LogP contribution in [-0.2, 0) is 19.1 Å². The Hall–Kier alpha value is -1.89. The standard InChI is InChI=1S/C28H51N3O4/c1-12-35-27(34)20(6)17-23(19(4)5)30(11)26(33)24(28(8,9)10)29-25(32)22-15-13-14-16-31(22)21(7)18(2)3/h17-19,21-24H,12-16H2,1-11H3,(H,29,32)/t21?,22?,23-,24?/m1/s1. The summed E-state index contributed by atoms with van der Waals surface area (Å²) < 4.78 is 5.12. The first-order valence-electron chi connectivity index (χ1n) is 13.3. The van der Waals surface area contributed by atoms with Gasteiger partial charge in [-0.3, -0.25) is 14.5 Å². The molecule has 1 rings (SSSR count). The molecule has 0 aliphatic carbocycles. The van der Waals surface area contributed by atoms with E-state index in [0.29, 0.717) is 24.1 Å². The number of amides is 2. The van der Waals surface area contributed by atoms with E-state index in [1.165, 1.54) is 0 Å². The first-order chi connectivity index (χ1) is 16.1. The number of carbonyl (C=O) groups is 3. The van der Waals surface area contributed by atoms with E-state index in [1.807, 2.05) is 34.6 Å². The zero-order valence-electron chi connectivity index (χ0n) is 24.1. The summed E-state index contributed by atoms with van der Waals surface area (Å²) in [6, 6.07) is -0.925. The fourth-order valence-corrected chi connectivity index (χ4v) is 4.66. The first-order valence-corrected chi connectivity index (χ1v) is 13.3. The van der Waals surface area contributed by atoms with Crippen LogP contribution in [0.1, 0.15) is 88.5 Å². The second-order valence-electron chi connectivity index (χ2n) is 11.8. The minimum atomic E-state index is -0.685. The molecule has 0 radical (unpaired) electrons. The van der Waals surface area contributed by atoms with Crippen molar-refractivity contribution in [3.63, 3.8) is 0 Å². The van der Waals surface area contributed by atoms with E-state index in [0.717, 1.165) is 25.8 Å². The minimum Gasteiger partial charge on any atom is -0.463 e. The molecule has 1 fully saturated rings. The van der Waals surface area contributed by atoms with Gasteiger partial charge in [-0.2, -0.15) is 0 Å². The van der Waals surface area contributed by atoms with Crippen LogP contribution >= 0.6 is 0 Å². The molecular weight excluding hydrogens is 442 g/mol. The van der Waals surface area contributed by atoms with Crippen molar-refractivity contribution in [1.29, 1.82) is 0 Å². The highest BCUT2D eigenvalue weighted by molar-refractivity contribution is 5.91. The van der Waals surface area contributed by atoms with Crippen molar-refractivity contribution < 1.29 is 19.1 Å². The lowest BCUT2D eigenvalue weighted by Crippen LogP contribution is -2.61. The number of likely N-dealkylation sites (N-methyl/N-ethyl adjacent to an activating group) is 1. The molecule has 0 aromatic heterocycles. The topological polar surface area (TPSA) is 79.0 Å². The Kier molecular flexibility index (Phi) is 11.9. The maximum atomic E-state index is 13.8. The third-order valence-corrected chi connectivity index (χ3v) is 7.23. The zero-order valence-corrected chi connectivity index (χ0v) is 24.1. The molecule has 0 saturated carbocycles. The molecule has 0 aromatic rings. The van der Waals surface area contributed by atoms with Gasteiger partial charge < -0.3 is 15.0 Å².